The molecule has 1 aromatic carbocycles. The SMILES string of the molecule is CCS(=O)(=O)c1cccc(CC(=O)NCCC(C)(C)C(=O)O)c1. The van der Waals surface area contributed by atoms with E-state index in [1.54, 1.807) is 32.9 Å². The van der Waals surface area contributed by atoms with E-state index in [1.165, 1.54) is 12.1 Å². The van der Waals surface area contributed by atoms with Gasteiger partial charge in [0.05, 0.1) is 22.5 Å². The molecule has 23 heavy (non-hydrogen) atoms. The van der Waals surface area contributed by atoms with Gasteiger partial charge in [-0.2, -0.15) is 0 Å². The summed E-state index contributed by atoms with van der Waals surface area (Å²) in [5.74, 6) is -1.17. The molecule has 0 aliphatic rings. The van der Waals surface area contributed by atoms with Crippen molar-refractivity contribution in [3.63, 3.8) is 0 Å². The zero-order valence-electron chi connectivity index (χ0n) is 13.6. The summed E-state index contributed by atoms with van der Waals surface area (Å²) in [5, 5.41) is 11.7. The van der Waals surface area contributed by atoms with Crippen molar-refractivity contribution < 1.29 is 23.1 Å². The summed E-state index contributed by atoms with van der Waals surface area (Å²) in [5.41, 5.74) is -0.294. The number of carbonyl (C=O) groups excluding carboxylic acids is 1. The van der Waals surface area contributed by atoms with E-state index in [-0.39, 0.29) is 29.5 Å². The van der Waals surface area contributed by atoms with Crippen LogP contribution in [0.2, 0.25) is 0 Å². The molecule has 0 saturated carbocycles. The van der Waals surface area contributed by atoms with Gasteiger partial charge in [0.2, 0.25) is 5.91 Å². The van der Waals surface area contributed by atoms with Gasteiger partial charge in [-0.25, -0.2) is 8.42 Å². The van der Waals surface area contributed by atoms with Crippen LogP contribution in [0.25, 0.3) is 0 Å². The van der Waals surface area contributed by atoms with Crippen LogP contribution in [-0.4, -0.2) is 37.7 Å². The Morgan fingerprint density at radius 1 is 1.26 bits per heavy atom. The van der Waals surface area contributed by atoms with Gasteiger partial charge in [0.25, 0.3) is 0 Å². The molecule has 0 atom stereocenters. The Kier molecular flexibility index (Phi) is 6.32. The minimum Gasteiger partial charge on any atom is -0.481 e. The minimum atomic E-state index is -3.30. The fourth-order valence-corrected chi connectivity index (χ4v) is 2.83. The lowest BCUT2D eigenvalue weighted by atomic mass is 9.90. The highest BCUT2D eigenvalue weighted by Gasteiger charge is 2.26. The third-order valence-corrected chi connectivity index (χ3v) is 5.39. The zero-order chi connectivity index (χ0) is 17.7. The van der Waals surface area contributed by atoms with E-state index < -0.39 is 21.2 Å². The van der Waals surface area contributed by atoms with Gasteiger partial charge >= 0.3 is 5.97 Å². The molecule has 7 heteroatoms. The number of sulfone groups is 1. The van der Waals surface area contributed by atoms with Gasteiger partial charge in [0.15, 0.2) is 9.84 Å². The Labute approximate surface area is 136 Å². The molecule has 1 aromatic rings. The number of carbonyl (C=O) groups is 2. The molecule has 0 aliphatic carbocycles. The van der Waals surface area contributed by atoms with Crippen molar-refractivity contribution >= 4 is 21.7 Å². The van der Waals surface area contributed by atoms with Gasteiger partial charge in [-0.05, 0) is 38.0 Å². The highest BCUT2D eigenvalue weighted by Crippen LogP contribution is 2.19. The third-order valence-electron chi connectivity index (χ3n) is 3.65. The van der Waals surface area contributed by atoms with Crippen molar-refractivity contribution in [1.82, 2.24) is 5.32 Å². The lowest BCUT2D eigenvalue weighted by Crippen LogP contribution is -2.32. The summed E-state index contributed by atoms with van der Waals surface area (Å²) in [6.45, 7) is 5.02. The molecule has 0 bridgehead atoms. The first-order valence-corrected chi connectivity index (χ1v) is 9.05. The van der Waals surface area contributed by atoms with Gasteiger partial charge in [0, 0.05) is 6.54 Å². The number of benzene rings is 1. The number of carboxylic acid groups (broad SMARTS) is 1. The molecular formula is C16H23NO5S. The standard InChI is InChI=1S/C16H23NO5S/c1-4-23(21,22)13-7-5-6-12(10-13)11-14(18)17-9-8-16(2,3)15(19)20/h5-7,10H,4,8-9,11H2,1-3H3,(H,17,18)(H,19,20). The summed E-state index contributed by atoms with van der Waals surface area (Å²) in [7, 11) is -3.30. The molecule has 0 saturated heterocycles. The van der Waals surface area contributed by atoms with E-state index in [9.17, 15) is 18.0 Å². The second-order valence-electron chi connectivity index (χ2n) is 6.02. The first-order chi connectivity index (χ1) is 10.6. The molecule has 0 radical (unpaired) electrons. The average molecular weight is 341 g/mol. The average Bonchev–Trinajstić information content (AvgIpc) is 2.47. The highest BCUT2D eigenvalue weighted by molar-refractivity contribution is 7.91. The number of hydrogen-bond acceptors (Lipinski definition) is 4. The van der Waals surface area contributed by atoms with Crippen molar-refractivity contribution in [2.75, 3.05) is 12.3 Å². The number of hydrogen-bond donors (Lipinski definition) is 2. The lowest BCUT2D eigenvalue weighted by Gasteiger charge is -2.18. The molecule has 2 N–H and O–H groups in total. The van der Waals surface area contributed by atoms with Crippen LogP contribution in [0.5, 0.6) is 0 Å². The second kappa shape index (κ2) is 7.59. The van der Waals surface area contributed by atoms with Crippen LogP contribution in [0.1, 0.15) is 32.8 Å². The molecule has 1 rings (SSSR count). The third kappa shape index (κ3) is 5.67. The summed E-state index contributed by atoms with van der Waals surface area (Å²) < 4.78 is 23.7. The smallest absolute Gasteiger partial charge is 0.309 e. The molecule has 6 nitrogen and oxygen atoms in total. The molecule has 128 valence electrons. The number of amides is 1. The van der Waals surface area contributed by atoms with Gasteiger partial charge in [-0.3, -0.25) is 9.59 Å². The van der Waals surface area contributed by atoms with Crippen LogP contribution >= 0.6 is 0 Å². The van der Waals surface area contributed by atoms with E-state index >= 15 is 0 Å². The monoisotopic (exact) mass is 341 g/mol. The Morgan fingerprint density at radius 2 is 1.91 bits per heavy atom. The van der Waals surface area contributed by atoms with Crippen molar-refractivity contribution in [2.24, 2.45) is 5.41 Å². The molecule has 0 aromatic heterocycles. The molecule has 0 fully saturated rings. The van der Waals surface area contributed by atoms with E-state index in [4.69, 9.17) is 5.11 Å². The maximum absolute atomic E-state index is 11.9. The molecule has 0 heterocycles. The van der Waals surface area contributed by atoms with Crippen molar-refractivity contribution in [1.29, 1.82) is 0 Å². The fourth-order valence-electron chi connectivity index (χ4n) is 1.88. The van der Waals surface area contributed by atoms with Crippen LogP contribution in [0.15, 0.2) is 29.2 Å². The molecule has 0 spiro atoms. The Hall–Kier alpha value is -1.89. The van der Waals surface area contributed by atoms with Crippen molar-refractivity contribution in [2.45, 2.75) is 38.5 Å². The van der Waals surface area contributed by atoms with Crippen LogP contribution in [0, 0.1) is 5.41 Å². The topological polar surface area (TPSA) is 101 Å². The summed E-state index contributed by atoms with van der Waals surface area (Å²) in [6.07, 6.45) is 0.374. The fraction of sp³-hybridized carbons (Fsp3) is 0.500. The van der Waals surface area contributed by atoms with Gasteiger partial charge in [-0.15, -0.1) is 0 Å². The van der Waals surface area contributed by atoms with E-state index in [0.29, 0.717) is 12.0 Å². The van der Waals surface area contributed by atoms with E-state index in [1.807, 2.05) is 0 Å². The quantitative estimate of drug-likeness (QED) is 0.748. The predicted octanol–water partition coefficient (Wildman–Crippen LogP) is 1.64. The maximum atomic E-state index is 11.9. The molecule has 0 unspecified atom stereocenters. The number of aliphatic carboxylic acids is 1. The first-order valence-electron chi connectivity index (χ1n) is 7.40. The second-order valence-corrected chi connectivity index (χ2v) is 8.29. The number of rotatable bonds is 8. The number of carboxylic acids is 1. The lowest BCUT2D eigenvalue weighted by molar-refractivity contribution is -0.147. The normalized spacial score (nSPS) is 12.0. The van der Waals surface area contributed by atoms with E-state index in [0.717, 1.165) is 0 Å². The van der Waals surface area contributed by atoms with Crippen LogP contribution in [0.4, 0.5) is 0 Å². The Bertz CT molecular complexity index is 679. The van der Waals surface area contributed by atoms with Crippen LogP contribution in [-0.2, 0) is 25.8 Å². The summed E-state index contributed by atoms with van der Waals surface area (Å²) in [6, 6.07) is 6.31. The largest absolute Gasteiger partial charge is 0.481 e. The zero-order valence-corrected chi connectivity index (χ0v) is 14.4. The predicted molar refractivity (Wildman–Crippen MR) is 86.9 cm³/mol. The van der Waals surface area contributed by atoms with Gasteiger partial charge in [0.1, 0.15) is 0 Å². The van der Waals surface area contributed by atoms with Gasteiger partial charge < -0.3 is 10.4 Å². The Balaban J connectivity index is 2.62. The van der Waals surface area contributed by atoms with Gasteiger partial charge in [-0.1, -0.05) is 19.1 Å². The first kappa shape index (κ1) is 19.2. The molecule has 1 amide bonds. The number of nitrogens with one attached hydrogen (secondary N) is 1. The Morgan fingerprint density at radius 3 is 2.48 bits per heavy atom. The molecular weight excluding hydrogens is 318 g/mol. The minimum absolute atomic E-state index is 0.00687. The molecule has 0 aliphatic heterocycles. The summed E-state index contributed by atoms with van der Waals surface area (Å²) in [4.78, 5) is 23.1. The maximum Gasteiger partial charge on any atom is 0.309 e. The van der Waals surface area contributed by atoms with Crippen molar-refractivity contribution in [3.8, 4) is 0 Å². The van der Waals surface area contributed by atoms with E-state index in [2.05, 4.69) is 5.32 Å². The van der Waals surface area contributed by atoms with Crippen LogP contribution in [0.3, 0.4) is 0 Å². The van der Waals surface area contributed by atoms with Crippen LogP contribution < -0.4 is 5.32 Å². The summed E-state index contributed by atoms with van der Waals surface area (Å²) >= 11 is 0. The highest BCUT2D eigenvalue weighted by atomic mass is 32.2. The van der Waals surface area contributed by atoms with Crippen molar-refractivity contribution in [3.05, 3.63) is 29.8 Å².